The minimum Gasteiger partial charge on any atom is -0.413 e. The molecule has 2 aromatic carbocycles. The van der Waals surface area contributed by atoms with Crippen molar-refractivity contribution in [2.75, 3.05) is 0 Å². The molecule has 4 rings (SSSR count). The number of hydrogen-bond acceptors (Lipinski definition) is 3. The van der Waals surface area contributed by atoms with E-state index < -0.39 is 14.4 Å². The Balaban J connectivity index is 1.29. The van der Waals surface area contributed by atoms with Gasteiger partial charge in [0.25, 0.3) is 0 Å². The zero-order chi connectivity index (χ0) is 24.5. The van der Waals surface area contributed by atoms with Gasteiger partial charge in [-0.3, -0.25) is 0 Å². The number of nitrogens with zero attached hydrogens (tertiary/aromatic N) is 2. The van der Waals surface area contributed by atoms with Crippen molar-refractivity contribution < 1.29 is 9.53 Å². The number of imidazole rings is 1. The summed E-state index contributed by atoms with van der Waals surface area (Å²) in [5.41, 5.74) is 5.39. The lowest BCUT2D eigenvalue weighted by Crippen LogP contribution is -2.40. The third-order valence-corrected chi connectivity index (χ3v) is 12.4. The lowest BCUT2D eigenvalue weighted by molar-refractivity contribution is 0.184. The van der Waals surface area contributed by atoms with Gasteiger partial charge in [-0.05, 0) is 72.0 Å². The summed E-state index contributed by atoms with van der Waals surface area (Å²) in [6.45, 7) is 14.7. The van der Waals surface area contributed by atoms with Crippen molar-refractivity contribution >= 4 is 8.32 Å². The second-order valence-corrected chi connectivity index (χ2v) is 16.3. The molecule has 182 valence electrons. The Labute approximate surface area is 206 Å². The Hall–Kier alpha value is -2.21. The SMILES string of the molecule is CC(O)c1nccn1Cc1ccc(C2CC(c3ccc(CO[Si](C)(C)C(C)(C)C)cc3)C2)cc1. The van der Waals surface area contributed by atoms with E-state index in [1.54, 1.807) is 13.1 Å². The van der Waals surface area contributed by atoms with E-state index in [2.05, 4.69) is 87.4 Å². The molecule has 0 amide bonds. The van der Waals surface area contributed by atoms with Crippen molar-refractivity contribution in [3.8, 4) is 0 Å². The van der Waals surface area contributed by atoms with Gasteiger partial charge in [-0.1, -0.05) is 69.3 Å². The number of aliphatic hydroxyl groups is 1. The highest BCUT2D eigenvalue weighted by molar-refractivity contribution is 6.74. The van der Waals surface area contributed by atoms with Crippen molar-refractivity contribution in [2.45, 2.75) is 89.8 Å². The molecule has 1 fully saturated rings. The summed E-state index contributed by atoms with van der Waals surface area (Å²) in [7, 11) is -1.71. The predicted octanol–water partition coefficient (Wildman–Crippen LogP) is 7.17. The highest BCUT2D eigenvalue weighted by Crippen LogP contribution is 2.47. The summed E-state index contributed by atoms with van der Waals surface area (Å²) >= 11 is 0. The zero-order valence-corrected chi connectivity index (χ0v) is 22.6. The van der Waals surface area contributed by atoms with Gasteiger partial charge >= 0.3 is 0 Å². The van der Waals surface area contributed by atoms with Crippen LogP contribution in [0.2, 0.25) is 18.1 Å². The molecule has 1 aliphatic carbocycles. The Bertz CT molecular complexity index is 1070. The monoisotopic (exact) mass is 476 g/mol. The first-order valence-corrected chi connectivity index (χ1v) is 15.4. The molecule has 1 aromatic heterocycles. The van der Waals surface area contributed by atoms with Crippen molar-refractivity contribution in [2.24, 2.45) is 0 Å². The van der Waals surface area contributed by atoms with Crippen LogP contribution in [0.15, 0.2) is 60.9 Å². The largest absolute Gasteiger partial charge is 0.413 e. The number of benzene rings is 2. The van der Waals surface area contributed by atoms with E-state index in [0.717, 1.165) is 6.54 Å². The molecule has 0 aliphatic heterocycles. The molecular weight excluding hydrogens is 436 g/mol. The van der Waals surface area contributed by atoms with Crippen LogP contribution in [-0.2, 0) is 17.6 Å². The van der Waals surface area contributed by atoms with E-state index >= 15 is 0 Å². The van der Waals surface area contributed by atoms with Gasteiger partial charge < -0.3 is 14.1 Å². The second kappa shape index (κ2) is 9.80. The Morgan fingerprint density at radius 2 is 1.50 bits per heavy atom. The van der Waals surface area contributed by atoms with Gasteiger partial charge in [0.15, 0.2) is 8.32 Å². The van der Waals surface area contributed by atoms with E-state index in [9.17, 15) is 5.11 Å². The molecule has 1 N–H and O–H groups in total. The fourth-order valence-electron chi connectivity index (χ4n) is 4.44. The number of aliphatic hydroxyl groups excluding tert-OH is 1. The highest BCUT2D eigenvalue weighted by atomic mass is 28.4. The quantitative estimate of drug-likeness (QED) is 0.351. The predicted molar refractivity (Wildman–Crippen MR) is 142 cm³/mol. The molecule has 1 saturated carbocycles. The van der Waals surface area contributed by atoms with E-state index in [0.29, 0.717) is 24.3 Å². The smallest absolute Gasteiger partial charge is 0.192 e. The van der Waals surface area contributed by atoms with Crippen LogP contribution in [-0.4, -0.2) is 23.0 Å². The van der Waals surface area contributed by atoms with Gasteiger partial charge in [0.05, 0.1) is 6.61 Å². The maximum Gasteiger partial charge on any atom is 0.192 e. The van der Waals surface area contributed by atoms with Crippen LogP contribution < -0.4 is 0 Å². The van der Waals surface area contributed by atoms with E-state index in [4.69, 9.17) is 4.43 Å². The lowest BCUT2D eigenvalue weighted by atomic mass is 9.68. The molecule has 1 atom stereocenters. The van der Waals surface area contributed by atoms with E-state index in [1.165, 1.54) is 35.1 Å². The first kappa shape index (κ1) is 24.9. The number of rotatable bonds is 8. The molecule has 0 radical (unpaired) electrons. The van der Waals surface area contributed by atoms with Crippen LogP contribution in [0.25, 0.3) is 0 Å². The Morgan fingerprint density at radius 3 is 2.00 bits per heavy atom. The van der Waals surface area contributed by atoms with Crippen molar-refractivity contribution in [1.29, 1.82) is 0 Å². The van der Waals surface area contributed by atoms with E-state index in [1.807, 2.05) is 10.8 Å². The first-order valence-electron chi connectivity index (χ1n) is 12.5. The third kappa shape index (κ3) is 5.53. The molecule has 1 heterocycles. The number of aromatic nitrogens is 2. The second-order valence-electron chi connectivity index (χ2n) is 11.5. The van der Waals surface area contributed by atoms with Crippen LogP contribution in [0.5, 0.6) is 0 Å². The van der Waals surface area contributed by atoms with Gasteiger partial charge in [-0.2, -0.15) is 0 Å². The summed E-state index contributed by atoms with van der Waals surface area (Å²) in [5.74, 6) is 2.00. The standard InChI is InChI=1S/C29H40N2O2Si/c1-21(32)28-30-15-16-31(28)19-22-7-11-24(12-8-22)26-17-27(18-26)25-13-9-23(10-14-25)20-33-34(5,6)29(2,3)4/h7-16,21,26-27,32H,17-20H2,1-6H3. The molecule has 1 aliphatic rings. The Morgan fingerprint density at radius 1 is 0.971 bits per heavy atom. The van der Waals surface area contributed by atoms with Crippen LogP contribution in [0.3, 0.4) is 0 Å². The van der Waals surface area contributed by atoms with Crippen LogP contribution in [0.1, 0.15) is 86.6 Å². The molecule has 1 unspecified atom stereocenters. The van der Waals surface area contributed by atoms with Gasteiger partial charge in [0.2, 0.25) is 0 Å². The average Bonchev–Trinajstić information content (AvgIpc) is 3.21. The summed E-state index contributed by atoms with van der Waals surface area (Å²) in [5, 5.41) is 10.1. The van der Waals surface area contributed by atoms with Crippen LogP contribution in [0.4, 0.5) is 0 Å². The van der Waals surface area contributed by atoms with Crippen molar-refractivity contribution in [1.82, 2.24) is 9.55 Å². The summed E-state index contributed by atoms with van der Waals surface area (Å²) < 4.78 is 8.39. The van der Waals surface area contributed by atoms with Gasteiger partial charge in [-0.15, -0.1) is 0 Å². The van der Waals surface area contributed by atoms with E-state index in [-0.39, 0.29) is 5.04 Å². The molecule has 0 spiro atoms. The molecule has 0 saturated heterocycles. The fourth-order valence-corrected chi connectivity index (χ4v) is 5.40. The molecule has 5 heteroatoms. The minimum atomic E-state index is -1.71. The third-order valence-electron chi connectivity index (χ3n) is 7.92. The van der Waals surface area contributed by atoms with Gasteiger partial charge in [-0.25, -0.2) is 4.98 Å². The zero-order valence-electron chi connectivity index (χ0n) is 21.6. The minimum absolute atomic E-state index is 0.243. The number of hydrogen-bond donors (Lipinski definition) is 1. The summed E-state index contributed by atoms with van der Waals surface area (Å²) in [6.07, 6.45) is 5.55. The first-order chi connectivity index (χ1) is 16.0. The normalized spacial score (nSPS) is 19.6. The molecule has 34 heavy (non-hydrogen) atoms. The maximum atomic E-state index is 9.86. The summed E-state index contributed by atoms with van der Waals surface area (Å²) in [6, 6.07) is 18.1. The van der Waals surface area contributed by atoms with Crippen molar-refractivity contribution in [3.05, 3.63) is 89.0 Å². The molecule has 0 bridgehead atoms. The maximum absolute atomic E-state index is 9.86. The van der Waals surface area contributed by atoms with Crippen LogP contribution >= 0.6 is 0 Å². The van der Waals surface area contributed by atoms with Gasteiger partial charge in [0.1, 0.15) is 11.9 Å². The summed E-state index contributed by atoms with van der Waals surface area (Å²) in [4.78, 5) is 4.26. The van der Waals surface area contributed by atoms with Gasteiger partial charge in [0, 0.05) is 18.9 Å². The lowest BCUT2D eigenvalue weighted by Gasteiger charge is -2.37. The molecule has 4 nitrogen and oxygen atoms in total. The highest BCUT2D eigenvalue weighted by Gasteiger charge is 2.37. The van der Waals surface area contributed by atoms with Crippen LogP contribution in [0, 0.1) is 0 Å². The molecular formula is C29H40N2O2Si. The van der Waals surface area contributed by atoms with Crippen molar-refractivity contribution in [3.63, 3.8) is 0 Å². The molecule has 3 aromatic rings. The fraction of sp³-hybridized carbons (Fsp3) is 0.483. The topological polar surface area (TPSA) is 47.3 Å². The average molecular weight is 477 g/mol. The Kier molecular flexibility index (Phi) is 7.18.